The van der Waals surface area contributed by atoms with Gasteiger partial charge in [0.05, 0.1) is 16.3 Å². The van der Waals surface area contributed by atoms with E-state index >= 15 is 4.57 Å². The number of halogens is 2. The molecule has 0 unspecified atom stereocenters. The Morgan fingerprint density at radius 2 is 1.44 bits per heavy atom. The van der Waals surface area contributed by atoms with Crippen LogP contribution in [-0.2, 0) is 4.57 Å². The van der Waals surface area contributed by atoms with E-state index in [-0.39, 0.29) is 10.9 Å². The molecule has 3 aromatic carbocycles. The van der Waals surface area contributed by atoms with Gasteiger partial charge < -0.3 is 13.9 Å². The van der Waals surface area contributed by atoms with Gasteiger partial charge in [0.15, 0.2) is 12.9 Å². The Morgan fingerprint density at radius 1 is 0.844 bits per heavy atom. The Kier molecular flexibility index (Phi) is 6.57. The third kappa shape index (κ3) is 4.14. The van der Waals surface area contributed by atoms with Crippen molar-refractivity contribution in [3.63, 3.8) is 0 Å². The van der Waals surface area contributed by atoms with E-state index in [2.05, 4.69) is 0 Å². The Labute approximate surface area is 196 Å². The highest BCUT2D eigenvalue weighted by Gasteiger charge is 2.43. The van der Waals surface area contributed by atoms with Crippen LogP contribution in [0, 0.1) is 0 Å². The van der Waals surface area contributed by atoms with Crippen LogP contribution in [-0.4, -0.2) is 17.9 Å². The van der Waals surface area contributed by atoms with Crippen molar-refractivity contribution in [2.45, 2.75) is 5.78 Å². The molecule has 0 N–H and O–H groups in total. The minimum atomic E-state index is -3.42. The molecule has 0 aliphatic heterocycles. The van der Waals surface area contributed by atoms with Crippen molar-refractivity contribution in [3.05, 3.63) is 119 Å². The zero-order chi connectivity index (χ0) is 22.7. The second-order valence-electron chi connectivity index (χ2n) is 7.26. The zero-order valence-electron chi connectivity index (χ0n) is 17.2. The van der Waals surface area contributed by atoms with Crippen LogP contribution in [0.15, 0.2) is 102 Å². The smallest absolute Gasteiger partial charge is 0.254 e. The number of hydrogen-bond acceptors (Lipinski definition) is 3. The molecule has 0 fully saturated rings. The van der Waals surface area contributed by atoms with E-state index in [4.69, 9.17) is 27.6 Å². The molecule has 1 aromatic heterocycles. The van der Waals surface area contributed by atoms with E-state index < -0.39 is 12.9 Å². The van der Waals surface area contributed by atoms with Crippen molar-refractivity contribution in [2.24, 2.45) is 0 Å². The molecule has 0 aliphatic rings. The predicted octanol–water partition coefficient (Wildman–Crippen LogP) is 6.37. The van der Waals surface area contributed by atoms with Crippen molar-refractivity contribution < 1.29 is 13.8 Å². The third-order valence-corrected chi connectivity index (χ3v) is 9.43. The average molecular weight is 484 g/mol. The van der Waals surface area contributed by atoms with Crippen molar-refractivity contribution in [1.29, 1.82) is 0 Å². The summed E-state index contributed by atoms with van der Waals surface area (Å²) < 4.78 is 20.7. The zero-order valence-corrected chi connectivity index (χ0v) is 19.6. The number of amides is 1. The van der Waals surface area contributed by atoms with Gasteiger partial charge in [-0.25, -0.2) is 0 Å². The molecule has 0 spiro atoms. The first-order valence-corrected chi connectivity index (χ1v) is 12.4. The second kappa shape index (κ2) is 9.38. The van der Waals surface area contributed by atoms with E-state index in [1.807, 2.05) is 60.7 Å². The maximum absolute atomic E-state index is 15.0. The van der Waals surface area contributed by atoms with Gasteiger partial charge in [0.25, 0.3) is 5.91 Å². The number of benzene rings is 3. The molecule has 7 heteroatoms. The Morgan fingerprint density at radius 3 is 1.94 bits per heavy atom. The predicted molar refractivity (Wildman–Crippen MR) is 130 cm³/mol. The van der Waals surface area contributed by atoms with Gasteiger partial charge in [-0.2, -0.15) is 0 Å². The Balaban J connectivity index is 1.90. The number of hydrogen-bond donors (Lipinski definition) is 0. The minimum absolute atomic E-state index is 0.273. The SMILES string of the molecule is CN(C(=O)c1ccc(Cl)c(Cl)c1)[C@H](c1ccco1)P(=O)(c1ccccc1)c1ccccc1. The molecule has 0 saturated heterocycles. The van der Waals surface area contributed by atoms with E-state index in [0.29, 0.717) is 27.0 Å². The third-order valence-electron chi connectivity index (χ3n) is 5.28. The number of nitrogens with zero attached hydrogens (tertiary/aromatic N) is 1. The summed E-state index contributed by atoms with van der Waals surface area (Å²) in [5, 5.41) is 1.88. The van der Waals surface area contributed by atoms with Gasteiger partial charge in [0, 0.05) is 23.2 Å². The van der Waals surface area contributed by atoms with Crippen LogP contribution in [0.5, 0.6) is 0 Å². The molecular weight excluding hydrogens is 464 g/mol. The van der Waals surface area contributed by atoms with Crippen LogP contribution < -0.4 is 10.6 Å². The maximum Gasteiger partial charge on any atom is 0.254 e. The first-order valence-electron chi connectivity index (χ1n) is 9.89. The molecule has 0 bridgehead atoms. The standard InChI is InChI=1S/C25H20Cl2NO3P/c1-28(24(29)18-14-15-21(26)22(27)17-18)25(23-13-8-16-31-23)32(30,19-9-4-2-5-10-19)20-11-6-3-7-12-20/h2-17,25H,1H3/t25-/m0/s1. The van der Waals surface area contributed by atoms with E-state index in [0.717, 1.165) is 0 Å². The molecule has 1 atom stereocenters. The minimum Gasteiger partial charge on any atom is -0.467 e. The summed E-state index contributed by atoms with van der Waals surface area (Å²) in [5.74, 6) is -0.793. The number of rotatable bonds is 6. The lowest BCUT2D eigenvalue weighted by Gasteiger charge is -2.34. The van der Waals surface area contributed by atoms with Crippen LogP contribution in [0.4, 0.5) is 0 Å². The second-order valence-corrected chi connectivity index (χ2v) is 10.9. The van der Waals surface area contributed by atoms with E-state index in [9.17, 15) is 4.79 Å². The van der Waals surface area contributed by atoms with Gasteiger partial charge in [0.1, 0.15) is 5.76 Å². The van der Waals surface area contributed by atoms with Crippen LogP contribution in [0.3, 0.4) is 0 Å². The first-order chi connectivity index (χ1) is 15.4. The molecule has 0 saturated carbocycles. The molecule has 4 aromatic rings. The topological polar surface area (TPSA) is 50.5 Å². The molecule has 1 heterocycles. The monoisotopic (exact) mass is 483 g/mol. The molecule has 162 valence electrons. The lowest BCUT2D eigenvalue weighted by atomic mass is 10.2. The van der Waals surface area contributed by atoms with Crippen molar-refractivity contribution in [1.82, 2.24) is 4.90 Å². The van der Waals surface area contributed by atoms with E-state index in [1.54, 1.807) is 31.3 Å². The van der Waals surface area contributed by atoms with Crippen LogP contribution in [0.1, 0.15) is 21.9 Å². The molecule has 32 heavy (non-hydrogen) atoms. The van der Waals surface area contributed by atoms with Gasteiger partial charge >= 0.3 is 0 Å². The van der Waals surface area contributed by atoms with Gasteiger partial charge in [-0.15, -0.1) is 0 Å². The molecule has 0 radical (unpaired) electrons. The summed E-state index contributed by atoms with van der Waals surface area (Å²) >= 11 is 12.2. The van der Waals surface area contributed by atoms with Crippen LogP contribution in [0.25, 0.3) is 0 Å². The summed E-state index contributed by atoms with van der Waals surface area (Å²) in [6.45, 7) is 0. The molecule has 1 amide bonds. The fourth-order valence-electron chi connectivity index (χ4n) is 3.73. The molecule has 4 rings (SSSR count). The van der Waals surface area contributed by atoms with Crippen molar-refractivity contribution in [3.8, 4) is 0 Å². The summed E-state index contributed by atoms with van der Waals surface area (Å²) in [6, 6.07) is 26.5. The van der Waals surface area contributed by atoms with Gasteiger partial charge in [-0.05, 0) is 30.3 Å². The molecule has 4 nitrogen and oxygen atoms in total. The lowest BCUT2D eigenvalue weighted by molar-refractivity contribution is 0.0764. The highest BCUT2D eigenvalue weighted by atomic mass is 35.5. The van der Waals surface area contributed by atoms with Gasteiger partial charge in [-0.1, -0.05) is 83.9 Å². The molecular formula is C25H20Cl2NO3P. The summed E-state index contributed by atoms with van der Waals surface area (Å²) in [4.78, 5) is 15.0. The summed E-state index contributed by atoms with van der Waals surface area (Å²) in [5.41, 5.74) is 0.339. The normalized spacial score (nSPS) is 12.3. The number of carbonyl (C=O) groups excluding carboxylic acids is 1. The highest BCUT2D eigenvalue weighted by molar-refractivity contribution is 7.79. The maximum atomic E-state index is 15.0. The van der Waals surface area contributed by atoms with Gasteiger partial charge in [-0.3, -0.25) is 4.79 Å². The summed E-state index contributed by atoms with van der Waals surface area (Å²) in [6.07, 6.45) is 1.51. The summed E-state index contributed by atoms with van der Waals surface area (Å²) in [7, 11) is -1.80. The van der Waals surface area contributed by atoms with Crippen LogP contribution >= 0.6 is 30.3 Å². The Hall–Kier alpha value is -2.78. The largest absolute Gasteiger partial charge is 0.467 e. The van der Waals surface area contributed by atoms with Gasteiger partial charge in [0.2, 0.25) is 0 Å². The fraction of sp³-hybridized carbons (Fsp3) is 0.0800. The molecule has 0 aliphatic carbocycles. The average Bonchev–Trinajstić information content (AvgIpc) is 3.35. The quantitative estimate of drug-likeness (QED) is 0.299. The highest BCUT2D eigenvalue weighted by Crippen LogP contribution is 2.58. The van der Waals surface area contributed by atoms with Crippen molar-refractivity contribution in [2.75, 3.05) is 7.05 Å². The van der Waals surface area contributed by atoms with Crippen LogP contribution in [0.2, 0.25) is 10.0 Å². The lowest BCUT2D eigenvalue weighted by Crippen LogP contribution is -2.36. The van der Waals surface area contributed by atoms with E-state index in [1.165, 1.54) is 17.2 Å². The fourth-order valence-corrected chi connectivity index (χ4v) is 7.22. The van der Waals surface area contributed by atoms with Crippen molar-refractivity contribution >= 4 is 46.9 Å². The first kappa shape index (κ1) is 22.4. The Bertz CT molecular complexity index is 1220. The number of furan rings is 1. The number of carbonyl (C=O) groups is 1.